The van der Waals surface area contributed by atoms with E-state index in [1.165, 1.54) is 23.5 Å². The minimum Gasteiger partial charge on any atom is -0.334 e. The van der Waals surface area contributed by atoms with Crippen LogP contribution in [0.4, 0.5) is 0 Å². The van der Waals surface area contributed by atoms with E-state index in [0.29, 0.717) is 35.4 Å². The first kappa shape index (κ1) is 15.7. The van der Waals surface area contributed by atoms with Crippen LogP contribution in [0.2, 0.25) is 4.34 Å². The Morgan fingerprint density at radius 1 is 1.04 bits per heavy atom. The van der Waals surface area contributed by atoms with Crippen LogP contribution in [0.15, 0.2) is 29.1 Å². The fourth-order valence-electron chi connectivity index (χ4n) is 2.32. The molecule has 1 aliphatic rings. The number of halogens is 1. The number of H-pyrrole nitrogens is 1. The predicted octanol–water partition coefficient (Wildman–Crippen LogP) is 1.08. The summed E-state index contributed by atoms with van der Waals surface area (Å²) in [4.78, 5) is 39.5. The van der Waals surface area contributed by atoms with Gasteiger partial charge < -0.3 is 9.80 Å². The van der Waals surface area contributed by atoms with Crippen molar-refractivity contribution >= 4 is 34.8 Å². The molecule has 3 heterocycles. The van der Waals surface area contributed by atoms with Crippen LogP contribution < -0.4 is 5.56 Å². The van der Waals surface area contributed by atoms with Crippen molar-refractivity contribution in [1.29, 1.82) is 0 Å². The molecule has 2 aromatic heterocycles. The van der Waals surface area contributed by atoms with E-state index in [0.717, 1.165) is 0 Å². The van der Waals surface area contributed by atoms with Crippen molar-refractivity contribution in [2.75, 3.05) is 26.2 Å². The standard InChI is InChI=1S/C14H13ClN4O3S/c15-11-3-2-10(23-11)14(22)19-7-5-18(6-8-19)13(21)9-1-4-12(20)17-16-9/h1-4H,5-8H2,(H,17,20). The zero-order chi connectivity index (χ0) is 16.4. The van der Waals surface area contributed by atoms with E-state index in [9.17, 15) is 14.4 Å². The number of carbonyl (C=O) groups excluding carboxylic acids is 2. The summed E-state index contributed by atoms with van der Waals surface area (Å²) >= 11 is 7.09. The second-order valence-corrected chi connectivity index (χ2v) is 6.71. The second-order valence-electron chi connectivity index (χ2n) is 4.99. The maximum atomic E-state index is 12.3. The molecule has 0 spiro atoms. The van der Waals surface area contributed by atoms with Crippen molar-refractivity contribution < 1.29 is 9.59 Å². The summed E-state index contributed by atoms with van der Waals surface area (Å²) < 4.78 is 0.575. The SMILES string of the molecule is O=C(c1ccc(=O)[nH]n1)N1CCN(C(=O)c2ccc(Cl)s2)CC1. The van der Waals surface area contributed by atoms with Crippen molar-refractivity contribution in [2.45, 2.75) is 0 Å². The number of nitrogens with zero attached hydrogens (tertiary/aromatic N) is 3. The molecule has 1 aliphatic heterocycles. The van der Waals surface area contributed by atoms with Gasteiger partial charge in [-0.15, -0.1) is 11.3 Å². The zero-order valence-electron chi connectivity index (χ0n) is 12.0. The van der Waals surface area contributed by atoms with E-state index in [-0.39, 0.29) is 23.1 Å². The van der Waals surface area contributed by atoms with E-state index in [1.54, 1.807) is 21.9 Å². The molecule has 3 rings (SSSR count). The molecule has 1 fully saturated rings. The Morgan fingerprint density at radius 3 is 2.22 bits per heavy atom. The lowest BCUT2D eigenvalue weighted by Gasteiger charge is -2.34. The maximum absolute atomic E-state index is 12.3. The summed E-state index contributed by atoms with van der Waals surface area (Å²) in [6, 6.07) is 6.06. The molecule has 0 unspecified atom stereocenters. The number of hydrogen-bond acceptors (Lipinski definition) is 5. The van der Waals surface area contributed by atoms with E-state index in [1.807, 2.05) is 0 Å². The highest BCUT2D eigenvalue weighted by Gasteiger charge is 2.26. The Balaban J connectivity index is 1.62. The number of piperazine rings is 1. The Kier molecular flexibility index (Phi) is 4.44. The molecule has 1 saturated heterocycles. The number of hydrogen-bond donors (Lipinski definition) is 1. The van der Waals surface area contributed by atoms with Crippen LogP contribution >= 0.6 is 22.9 Å². The Labute approximate surface area is 140 Å². The van der Waals surface area contributed by atoms with Gasteiger partial charge >= 0.3 is 0 Å². The van der Waals surface area contributed by atoms with E-state index in [2.05, 4.69) is 10.2 Å². The van der Waals surface area contributed by atoms with Gasteiger partial charge in [0.2, 0.25) is 0 Å². The van der Waals surface area contributed by atoms with Crippen molar-refractivity contribution in [2.24, 2.45) is 0 Å². The van der Waals surface area contributed by atoms with Crippen molar-refractivity contribution in [3.63, 3.8) is 0 Å². The van der Waals surface area contributed by atoms with E-state index < -0.39 is 0 Å². The number of nitrogens with one attached hydrogen (secondary N) is 1. The number of aromatic nitrogens is 2. The summed E-state index contributed by atoms with van der Waals surface area (Å²) in [5.41, 5.74) is -0.166. The normalized spacial score (nSPS) is 14.8. The smallest absolute Gasteiger partial charge is 0.274 e. The van der Waals surface area contributed by atoms with Gasteiger partial charge in [-0.05, 0) is 18.2 Å². The average molecular weight is 353 g/mol. The largest absolute Gasteiger partial charge is 0.334 e. The van der Waals surface area contributed by atoms with E-state index in [4.69, 9.17) is 11.6 Å². The molecular weight excluding hydrogens is 340 g/mol. The van der Waals surface area contributed by atoms with Crippen molar-refractivity contribution in [3.8, 4) is 0 Å². The Hall–Kier alpha value is -2.19. The van der Waals surface area contributed by atoms with Crippen LogP contribution in [-0.2, 0) is 0 Å². The minimum atomic E-state index is -0.355. The van der Waals surface area contributed by atoms with Gasteiger partial charge in [-0.1, -0.05) is 11.6 Å². The highest BCUT2D eigenvalue weighted by Crippen LogP contribution is 2.23. The Morgan fingerprint density at radius 2 is 1.70 bits per heavy atom. The van der Waals surface area contributed by atoms with Crippen LogP contribution in [-0.4, -0.2) is 58.0 Å². The van der Waals surface area contributed by atoms with Crippen LogP contribution in [0.25, 0.3) is 0 Å². The summed E-state index contributed by atoms with van der Waals surface area (Å²) in [5, 5.41) is 5.98. The molecule has 120 valence electrons. The molecule has 2 aromatic rings. The first-order valence-electron chi connectivity index (χ1n) is 6.94. The van der Waals surface area contributed by atoms with Gasteiger partial charge in [0.05, 0.1) is 9.21 Å². The molecule has 9 heteroatoms. The fraction of sp³-hybridized carbons (Fsp3) is 0.286. The van der Waals surface area contributed by atoms with Gasteiger partial charge in [-0.2, -0.15) is 5.10 Å². The lowest BCUT2D eigenvalue weighted by atomic mass is 10.2. The lowest BCUT2D eigenvalue weighted by Crippen LogP contribution is -2.50. The van der Waals surface area contributed by atoms with Gasteiger partial charge in [0, 0.05) is 32.2 Å². The highest BCUT2D eigenvalue weighted by atomic mass is 35.5. The predicted molar refractivity (Wildman–Crippen MR) is 86.0 cm³/mol. The second kappa shape index (κ2) is 6.51. The fourth-order valence-corrected chi connectivity index (χ4v) is 3.33. The molecule has 0 atom stereocenters. The third kappa shape index (κ3) is 3.43. The molecule has 0 aromatic carbocycles. The van der Waals surface area contributed by atoms with Crippen molar-refractivity contribution in [3.05, 3.63) is 49.5 Å². The van der Waals surface area contributed by atoms with Gasteiger partial charge in [-0.25, -0.2) is 5.10 Å². The highest BCUT2D eigenvalue weighted by molar-refractivity contribution is 7.17. The topological polar surface area (TPSA) is 86.4 Å². The number of thiophene rings is 1. The van der Waals surface area contributed by atoms with Crippen LogP contribution in [0.5, 0.6) is 0 Å². The quantitative estimate of drug-likeness (QED) is 0.876. The lowest BCUT2D eigenvalue weighted by molar-refractivity contribution is 0.0534. The van der Waals surface area contributed by atoms with Crippen LogP contribution in [0.1, 0.15) is 20.2 Å². The van der Waals surface area contributed by atoms with Gasteiger partial charge in [-0.3, -0.25) is 14.4 Å². The molecule has 23 heavy (non-hydrogen) atoms. The van der Waals surface area contributed by atoms with Gasteiger partial charge in [0.1, 0.15) is 5.69 Å². The summed E-state index contributed by atoms with van der Waals surface area (Å²) in [6.07, 6.45) is 0. The van der Waals surface area contributed by atoms with Gasteiger partial charge in [0.25, 0.3) is 17.4 Å². The first-order chi connectivity index (χ1) is 11.0. The number of amides is 2. The molecule has 0 bridgehead atoms. The summed E-state index contributed by atoms with van der Waals surface area (Å²) in [6.45, 7) is 1.74. The van der Waals surface area contributed by atoms with Crippen LogP contribution in [0, 0.1) is 0 Å². The molecule has 1 N–H and O–H groups in total. The third-order valence-corrected chi connectivity index (χ3v) is 4.76. The summed E-state index contributed by atoms with van der Waals surface area (Å²) in [5.74, 6) is -0.330. The molecule has 7 nitrogen and oxygen atoms in total. The Bertz CT molecular complexity index is 775. The van der Waals surface area contributed by atoms with Crippen LogP contribution in [0.3, 0.4) is 0 Å². The number of rotatable bonds is 2. The molecule has 2 amide bonds. The molecule has 0 saturated carbocycles. The molecule has 0 aliphatic carbocycles. The molecular formula is C14H13ClN4O3S. The third-order valence-electron chi connectivity index (χ3n) is 3.54. The zero-order valence-corrected chi connectivity index (χ0v) is 13.6. The number of aromatic amines is 1. The maximum Gasteiger partial charge on any atom is 0.274 e. The van der Waals surface area contributed by atoms with E-state index >= 15 is 0 Å². The monoisotopic (exact) mass is 352 g/mol. The van der Waals surface area contributed by atoms with Gasteiger partial charge in [0.15, 0.2) is 0 Å². The van der Waals surface area contributed by atoms with Crippen molar-refractivity contribution in [1.82, 2.24) is 20.0 Å². The summed E-state index contributed by atoms with van der Waals surface area (Å²) in [7, 11) is 0. The first-order valence-corrected chi connectivity index (χ1v) is 8.13. The molecule has 0 radical (unpaired) electrons. The average Bonchev–Trinajstić information content (AvgIpc) is 3.01. The minimum absolute atomic E-state index is 0.0730. The number of carbonyl (C=O) groups is 2.